The third-order valence-corrected chi connectivity index (χ3v) is 4.90. The first-order valence-corrected chi connectivity index (χ1v) is 6.29. The minimum atomic E-state index is -2.86. The summed E-state index contributed by atoms with van der Waals surface area (Å²) in [5, 5.41) is 0. The van der Waals surface area contributed by atoms with Gasteiger partial charge in [0.05, 0.1) is 5.75 Å². The lowest BCUT2D eigenvalue weighted by molar-refractivity contribution is 0.516. The summed E-state index contributed by atoms with van der Waals surface area (Å²) in [5.74, 6) is 0.333. The monoisotopic (exact) mass is 189 g/mol. The van der Waals surface area contributed by atoms with E-state index < -0.39 is 10.0 Å². The van der Waals surface area contributed by atoms with Crippen LogP contribution in [0.2, 0.25) is 0 Å². The minimum Gasteiger partial charge on any atom is -0.212 e. The Morgan fingerprint density at radius 3 is 2.42 bits per heavy atom. The molecule has 2 unspecified atom stereocenters. The Labute approximate surface area is 73.8 Å². The zero-order valence-electron chi connectivity index (χ0n) is 7.36. The second kappa shape index (κ2) is 2.70. The summed E-state index contributed by atoms with van der Waals surface area (Å²) in [6.45, 7) is 1.91. The molecule has 2 atom stereocenters. The van der Waals surface area contributed by atoms with Crippen molar-refractivity contribution in [2.75, 3.05) is 5.75 Å². The average molecular weight is 189 g/mol. The molecule has 0 radical (unpaired) electrons. The van der Waals surface area contributed by atoms with E-state index in [9.17, 15) is 8.42 Å². The molecule has 2 fully saturated rings. The van der Waals surface area contributed by atoms with Gasteiger partial charge in [0, 0.05) is 12.1 Å². The smallest absolute Gasteiger partial charge is 0.212 e. The Hall–Kier alpha value is -0.0900. The van der Waals surface area contributed by atoms with E-state index in [4.69, 9.17) is 0 Å². The van der Waals surface area contributed by atoms with Crippen molar-refractivity contribution in [1.82, 2.24) is 4.31 Å². The first-order chi connectivity index (χ1) is 5.67. The van der Waals surface area contributed by atoms with E-state index in [2.05, 4.69) is 0 Å². The summed E-state index contributed by atoms with van der Waals surface area (Å²) in [6.07, 6.45) is 4.13. The summed E-state index contributed by atoms with van der Waals surface area (Å²) in [7, 11) is -2.86. The zero-order chi connectivity index (χ0) is 8.77. The molecule has 1 heterocycles. The van der Waals surface area contributed by atoms with Crippen molar-refractivity contribution in [2.24, 2.45) is 0 Å². The van der Waals surface area contributed by atoms with Gasteiger partial charge in [-0.25, -0.2) is 8.42 Å². The van der Waals surface area contributed by atoms with Crippen molar-refractivity contribution in [3.63, 3.8) is 0 Å². The van der Waals surface area contributed by atoms with Gasteiger partial charge in [-0.1, -0.05) is 13.3 Å². The first kappa shape index (κ1) is 8.51. The second-order valence-electron chi connectivity index (χ2n) is 3.71. The summed E-state index contributed by atoms with van der Waals surface area (Å²) in [4.78, 5) is 0. The standard InChI is InChI=1S/C8H15NO2S/c1-2-6-12(10,11)9-7-4-3-5-8(7)9/h7-8H,2-6H2,1H3. The maximum absolute atomic E-state index is 11.5. The highest BCUT2D eigenvalue weighted by Crippen LogP contribution is 2.44. The maximum atomic E-state index is 11.5. The number of rotatable bonds is 3. The maximum Gasteiger partial charge on any atom is 0.214 e. The number of fused-ring (bicyclic) bond motifs is 1. The van der Waals surface area contributed by atoms with Gasteiger partial charge in [-0.05, 0) is 19.3 Å². The zero-order valence-corrected chi connectivity index (χ0v) is 8.18. The lowest BCUT2D eigenvalue weighted by Gasteiger charge is -2.06. The molecule has 0 bridgehead atoms. The molecular weight excluding hydrogens is 174 g/mol. The van der Waals surface area contributed by atoms with Gasteiger partial charge < -0.3 is 0 Å². The second-order valence-corrected chi connectivity index (χ2v) is 5.71. The summed E-state index contributed by atoms with van der Waals surface area (Å²) in [5.41, 5.74) is 0. The molecule has 1 aliphatic carbocycles. The SMILES string of the molecule is CCCS(=O)(=O)N1C2CCCC21. The van der Waals surface area contributed by atoms with E-state index in [-0.39, 0.29) is 0 Å². The molecule has 4 heteroatoms. The van der Waals surface area contributed by atoms with Crippen molar-refractivity contribution in [3.8, 4) is 0 Å². The Bertz CT molecular complexity index is 263. The van der Waals surface area contributed by atoms with Crippen molar-refractivity contribution in [1.29, 1.82) is 0 Å². The highest BCUT2D eigenvalue weighted by molar-refractivity contribution is 7.89. The molecule has 3 nitrogen and oxygen atoms in total. The topological polar surface area (TPSA) is 37.1 Å². The molecule has 12 heavy (non-hydrogen) atoms. The molecular formula is C8H15NO2S. The lowest BCUT2D eigenvalue weighted by atomic mass is 10.3. The molecule has 1 aliphatic heterocycles. The Balaban J connectivity index is 2.03. The van der Waals surface area contributed by atoms with Gasteiger partial charge in [-0.15, -0.1) is 0 Å². The van der Waals surface area contributed by atoms with E-state index in [1.54, 1.807) is 4.31 Å². The fraction of sp³-hybridized carbons (Fsp3) is 1.00. The third kappa shape index (κ3) is 1.17. The molecule has 0 aromatic carbocycles. The van der Waals surface area contributed by atoms with Gasteiger partial charge in [0.25, 0.3) is 0 Å². The van der Waals surface area contributed by atoms with Gasteiger partial charge in [-0.3, -0.25) is 0 Å². The summed E-state index contributed by atoms with van der Waals surface area (Å²) < 4.78 is 24.8. The van der Waals surface area contributed by atoms with Crippen LogP contribution in [0.3, 0.4) is 0 Å². The van der Waals surface area contributed by atoms with Crippen molar-refractivity contribution in [3.05, 3.63) is 0 Å². The first-order valence-electron chi connectivity index (χ1n) is 4.68. The van der Waals surface area contributed by atoms with Crippen LogP contribution in [0, 0.1) is 0 Å². The fourth-order valence-electron chi connectivity index (χ4n) is 2.26. The molecule has 2 rings (SSSR count). The molecule has 0 N–H and O–H groups in total. The molecule has 1 saturated carbocycles. The van der Waals surface area contributed by atoms with Crippen LogP contribution < -0.4 is 0 Å². The normalized spacial score (nSPS) is 39.6. The highest BCUT2D eigenvalue weighted by Gasteiger charge is 2.56. The predicted octanol–water partition coefficient (Wildman–Crippen LogP) is 0.963. The van der Waals surface area contributed by atoms with Crippen LogP contribution in [0.4, 0.5) is 0 Å². The number of sulfonamides is 1. The fourth-order valence-corrected chi connectivity index (χ4v) is 4.25. The molecule has 0 spiro atoms. The van der Waals surface area contributed by atoms with Crippen molar-refractivity contribution < 1.29 is 8.42 Å². The molecule has 0 aromatic heterocycles. The largest absolute Gasteiger partial charge is 0.214 e. The van der Waals surface area contributed by atoms with Crippen LogP contribution in [-0.2, 0) is 10.0 Å². The van der Waals surface area contributed by atoms with E-state index in [0.29, 0.717) is 17.8 Å². The van der Waals surface area contributed by atoms with Gasteiger partial charge in [0.1, 0.15) is 0 Å². The van der Waals surface area contributed by atoms with Crippen LogP contribution in [-0.4, -0.2) is 30.6 Å². The van der Waals surface area contributed by atoms with Gasteiger partial charge >= 0.3 is 0 Å². The number of hydrogen-bond acceptors (Lipinski definition) is 2. The number of nitrogens with zero attached hydrogens (tertiary/aromatic N) is 1. The van der Waals surface area contributed by atoms with Crippen LogP contribution in [0.5, 0.6) is 0 Å². The summed E-state index contributed by atoms with van der Waals surface area (Å²) in [6, 6.07) is 0.781. The van der Waals surface area contributed by atoms with Crippen molar-refractivity contribution in [2.45, 2.75) is 44.7 Å². The van der Waals surface area contributed by atoms with E-state index in [1.165, 1.54) is 6.42 Å². The molecule has 0 amide bonds. The Kier molecular flexibility index (Phi) is 1.92. The molecule has 2 aliphatic rings. The molecule has 70 valence electrons. The lowest BCUT2D eigenvalue weighted by Crippen LogP contribution is -2.20. The Morgan fingerprint density at radius 2 is 1.92 bits per heavy atom. The third-order valence-electron chi connectivity index (χ3n) is 2.79. The van der Waals surface area contributed by atoms with Crippen molar-refractivity contribution >= 4 is 10.0 Å². The Morgan fingerprint density at radius 1 is 1.33 bits per heavy atom. The minimum absolute atomic E-state index is 0.333. The van der Waals surface area contributed by atoms with E-state index in [1.807, 2.05) is 6.92 Å². The highest BCUT2D eigenvalue weighted by atomic mass is 32.2. The van der Waals surface area contributed by atoms with Crippen LogP contribution in [0.1, 0.15) is 32.6 Å². The predicted molar refractivity (Wildman–Crippen MR) is 47.3 cm³/mol. The molecule has 0 aromatic rings. The van der Waals surface area contributed by atoms with Gasteiger partial charge in [-0.2, -0.15) is 4.31 Å². The average Bonchev–Trinajstić information content (AvgIpc) is 2.50. The quantitative estimate of drug-likeness (QED) is 0.620. The van der Waals surface area contributed by atoms with E-state index in [0.717, 1.165) is 19.3 Å². The summed E-state index contributed by atoms with van der Waals surface area (Å²) >= 11 is 0. The van der Waals surface area contributed by atoms with E-state index >= 15 is 0 Å². The number of hydrogen-bond donors (Lipinski definition) is 0. The van der Waals surface area contributed by atoms with Gasteiger partial charge in [0.2, 0.25) is 10.0 Å². The van der Waals surface area contributed by atoms with Gasteiger partial charge in [0.15, 0.2) is 0 Å². The molecule has 1 saturated heterocycles. The van der Waals surface area contributed by atoms with Crippen LogP contribution in [0.15, 0.2) is 0 Å². The van der Waals surface area contributed by atoms with Crippen LogP contribution in [0.25, 0.3) is 0 Å². The number of piperidine rings is 1. The van der Waals surface area contributed by atoms with Crippen LogP contribution >= 0.6 is 0 Å².